The summed E-state index contributed by atoms with van der Waals surface area (Å²) in [5.74, 6) is 1.31. The van der Waals surface area contributed by atoms with E-state index in [9.17, 15) is 9.59 Å². The minimum absolute atomic E-state index is 0.0205. The van der Waals surface area contributed by atoms with E-state index >= 15 is 0 Å². The first-order valence-corrected chi connectivity index (χ1v) is 10.3. The minimum atomic E-state index is -0.118. The van der Waals surface area contributed by atoms with E-state index in [1.165, 1.54) is 0 Å². The largest absolute Gasteiger partial charge is 0.497 e. The molecular weight excluding hydrogens is 380 g/mol. The van der Waals surface area contributed by atoms with Gasteiger partial charge in [0.1, 0.15) is 11.5 Å². The van der Waals surface area contributed by atoms with Gasteiger partial charge in [0.05, 0.1) is 7.11 Å². The van der Waals surface area contributed by atoms with Gasteiger partial charge in [-0.2, -0.15) is 0 Å². The second-order valence-electron chi connectivity index (χ2n) is 7.80. The van der Waals surface area contributed by atoms with Crippen molar-refractivity contribution in [1.82, 2.24) is 10.2 Å². The molecule has 0 unspecified atom stereocenters. The molecule has 2 aromatic carbocycles. The fourth-order valence-corrected chi connectivity index (χ4v) is 3.68. The fourth-order valence-electron chi connectivity index (χ4n) is 3.68. The van der Waals surface area contributed by atoms with Gasteiger partial charge in [0.15, 0.2) is 6.61 Å². The SMILES string of the molecule is COc1cccc(C(=O)NC2CCN(C(=O)COc3c(C)ccc(C)c3C)CC2)c1. The number of benzene rings is 2. The van der Waals surface area contributed by atoms with Crippen molar-refractivity contribution in [2.75, 3.05) is 26.8 Å². The molecule has 1 fully saturated rings. The molecule has 0 bridgehead atoms. The van der Waals surface area contributed by atoms with Crippen molar-refractivity contribution in [3.05, 3.63) is 58.7 Å². The molecule has 0 aliphatic carbocycles. The highest BCUT2D eigenvalue weighted by Crippen LogP contribution is 2.26. The molecule has 1 heterocycles. The number of aryl methyl sites for hydroxylation is 2. The number of likely N-dealkylation sites (tertiary alicyclic amines) is 1. The zero-order valence-corrected chi connectivity index (χ0v) is 18.2. The monoisotopic (exact) mass is 410 g/mol. The molecule has 1 saturated heterocycles. The second kappa shape index (κ2) is 9.65. The first kappa shape index (κ1) is 21.7. The maximum atomic E-state index is 12.6. The number of ether oxygens (including phenoxy) is 2. The molecule has 2 aromatic rings. The van der Waals surface area contributed by atoms with Crippen LogP contribution in [0.4, 0.5) is 0 Å². The Morgan fingerprint density at radius 3 is 2.47 bits per heavy atom. The number of hydrogen-bond acceptors (Lipinski definition) is 4. The summed E-state index contributed by atoms with van der Waals surface area (Å²) in [7, 11) is 1.58. The molecule has 0 radical (unpaired) electrons. The first-order valence-electron chi connectivity index (χ1n) is 10.3. The third kappa shape index (κ3) is 5.12. The van der Waals surface area contributed by atoms with Crippen LogP contribution in [0.2, 0.25) is 0 Å². The lowest BCUT2D eigenvalue weighted by Crippen LogP contribution is -2.47. The zero-order valence-electron chi connectivity index (χ0n) is 18.2. The van der Waals surface area contributed by atoms with Crippen molar-refractivity contribution < 1.29 is 19.1 Å². The van der Waals surface area contributed by atoms with Gasteiger partial charge < -0.3 is 19.7 Å². The summed E-state index contributed by atoms with van der Waals surface area (Å²) in [6.45, 7) is 7.29. The number of piperidine rings is 1. The summed E-state index contributed by atoms with van der Waals surface area (Å²) >= 11 is 0. The van der Waals surface area contributed by atoms with Crippen LogP contribution in [0.5, 0.6) is 11.5 Å². The molecule has 0 saturated carbocycles. The molecule has 0 aromatic heterocycles. The van der Waals surface area contributed by atoms with E-state index in [1.54, 1.807) is 25.3 Å². The lowest BCUT2D eigenvalue weighted by atomic mass is 10.0. The van der Waals surface area contributed by atoms with Crippen molar-refractivity contribution >= 4 is 11.8 Å². The van der Waals surface area contributed by atoms with Crippen molar-refractivity contribution in [2.45, 2.75) is 39.7 Å². The molecule has 30 heavy (non-hydrogen) atoms. The summed E-state index contributed by atoms with van der Waals surface area (Å²) < 4.78 is 11.0. The Morgan fingerprint density at radius 1 is 1.07 bits per heavy atom. The number of nitrogens with one attached hydrogen (secondary N) is 1. The summed E-state index contributed by atoms with van der Waals surface area (Å²) in [6.07, 6.45) is 1.45. The van der Waals surface area contributed by atoms with Gasteiger partial charge in [-0.25, -0.2) is 0 Å². The van der Waals surface area contributed by atoms with E-state index in [-0.39, 0.29) is 24.5 Å². The van der Waals surface area contributed by atoms with E-state index in [1.807, 2.05) is 37.8 Å². The van der Waals surface area contributed by atoms with Crippen molar-refractivity contribution in [3.63, 3.8) is 0 Å². The van der Waals surface area contributed by atoms with Crippen LogP contribution in [-0.2, 0) is 4.79 Å². The second-order valence-corrected chi connectivity index (χ2v) is 7.80. The van der Waals surface area contributed by atoms with E-state index in [0.29, 0.717) is 24.4 Å². The third-order valence-electron chi connectivity index (χ3n) is 5.73. The molecule has 0 atom stereocenters. The van der Waals surface area contributed by atoms with E-state index in [2.05, 4.69) is 11.4 Å². The lowest BCUT2D eigenvalue weighted by Gasteiger charge is -2.32. The standard InChI is InChI=1S/C24H30N2O4/c1-16-8-9-17(2)23(18(16)3)30-15-22(27)26-12-10-20(11-13-26)25-24(28)19-6-5-7-21(14-19)29-4/h5-9,14,20H,10-13,15H2,1-4H3,(H,25,28). The lowest BCUT2D eigenvalue weighted by molar-refractivity contribution is -0.134. The average Bonchev–Trinajstić information content (AvgIpc) is 2.76. The Hall–Kier alpha value is -3.02. The average molecular weight is 411 g/mol. The summed E-state index contributed by atoms with van der Waals surface area (Å²) in [5, 5.41) is 3.06. The minimum Gasteiger partial charge on any atom is -0.497 e. The quantitative estimate of drug-likeness (QED) is 0.792. The molecule has 0 spiro atoms. The van der Waals surface area contributed by atoms with Gasteiger partial charge in [-0.3, -0.25) is 9.59 Å². The van der Waals surface area contributed by atoms with Gasteiger partial charge in [0.2, 0.25) is 0 Å². The topological polar surface area (TPSA) is 67.9 Å². The Labute approximate surface area is 178 Å². The van der Waals surface area contributed by atoms with Gasteiger partial charge in [-0.1, -0.05) is 18.2 Å². The molecule has 160 valence electrons. The molecule has 1 aliphatic rings. The smallest absolute Gasteiger partial charge is 0.260 e. The molecule has 3 rings (SSSR count). The number of amides is 2. The van der Waals surface area contributed by atoms with Crippen LogP contribution < -0.4 is 14.8 Å². The molecular formula is C24H30N2O4. The summed E-state index contributed by atoms with van der Waals surface area (Å²) in [4.78, 5) is 26.9. The number of methoxy groups -OCH3 is 1. The van der Waals surface area contributed by atoms with Crippen LogP contribution in [0.25, 0.3) is 0 Å². The van der Waals surface area contributed by atoms with Gasteiger partial charge >= 0.3 is 0 Å². The number of hydrogen-bond donors (Lipinski definition) is 1. The predicted molar refractivity (Wildman–Crippen MR) is 116 cm³/mol. The Kier molecular flexibility index (Phi) is 6.98. The molecule has 6 nitrogen and oxygen atoms in total. The number of nitrogens with zero attached hydrogens (tertiary/aromatic N) is 1. The maximum Gasteiger partial charge on any atom is 0.260 e. The van der Waals surface area contributed by atoms with Gasteiger partial charge in [0.25, 0.3) is 11.8 Å². The molecule has 6 heteroatoms. The van der Waals surface area contributed by atoms with E-state index in [0.717, 1.165) is 35.3 Å². The van der Waals surface area contributed by atoms with Crippen molar-refractivity contribution in [3.8, 4) is 11.5 Å². The van der Waals surface area contributed by atoms with Gasteiger partial charge in [-0.05, 0) is 68.5 Å². The normalized spacial score (nSPS) is 14.3. The highest BCUT2D eigenvalue weighted by Gasteiger charge is 2.24. The highest BCUT2D eigenvalue weighted by atomic mass is 16.5. The maximum absolute atomic E-state index is 12.6. The van der Waals surface area contributed by atoms with Crippen LogP contribution in [0.1, 0.15) is 39.9 Å². The molecule has 1 aliphatic heterocycles. The predicted octanol–water partition coefficient (Wildman–Crippen LogP) is 3.42. The summed E-state index contributed by atoms with van der Waals surface area (Å²) in [5.41, 5.74) is 3.83. The highest BCUT2D eigenvalue weighted by molar-refractivity contribution is 5.94. The van der Waals surface area contributed by atoms with Gasteiger partial charge in [0, 0.05) is 24.7 Å². The number of carbonyl (C=O) groups is 2. The van der Waals surface area contributed by atoms with Crippen LogP contribution >= 0.6 is 0 Å². The first-order chi connectivity index (χ1) is 14.4. The van der Waals surface area contributed by atoms with Crippen molar-refractivity contribution in [2.24, 2.45) is 0 Å². The Balaban J connectivity index is 1.48. The van der Waals surface area contributed by atoms with E-state index < -0.39 is 0 Å². The Morgan fingerprint density at radius 2 is 1.77 bits per heavy atom. The van der Waals surface area contributed by atoms with Crippen molar-refractivity contribution in [1.29, 1.82) is 0 Å². The fraction of sp³-hybridized carbons (Fsp3) is 0.417. The zero-order chi connectivity index (χ0) is 21.7. The number of carbonyl (C=O) groups excluding carboxylic acids is 2. The van der Waals surface area contributed by atoms with E-state index in [4.69, 9.17) is 9.47 Å². The van der Waals surface area contributed by atoms with Crippen LogP contribution in [0.3, 0.4) is 0 Å². The van der Waals surface area contributed by atoms with Gasteiger partial charge in [-0.15, -0.1) is 0 Å². The third-order valence-corrected chi connectivity index (χ3v) is 5.73. The molecule has 2 amide bonds. The van der Waals surface area contributed by atoms with Crippen LogP contribution in [0, 0.1) is 20.8 Å². The molecule has 1 N–H and O–H groups in total. The number of rotatable bonds is 6. The van der Waals surface area contributed by atoms with Crippen LogP contribution in [-0.4, -0.2) is 49.6 Å². The van der Waals surface area contributed by atoms with Crippen LogP contribution in [0.15, 0.2) is 36.4 Å². The summed E-state index contributed by atoms with van der Waals surface area (Å²) in [6, 6.07) is 11.2. The Bertz CT molecular complexity index is 917.